The Balaban J connectivity index is 2.02. The zero-order chi connectivity index (χ0) is 19.4. The molecule has 1 aliphatic rings. The molecule has 0 bridgehead atoms. The van der Waals surface area contributed by atoms with Gasteiger partial charge in [0.05, 0.1) is 20.8 Å². The molecule has 1 aliphatic heterocycles. The summed E-state index contributed by atoms with van der Waals surface area (Å²) in [4.78, 5) is 12.3. The molecule has 1 atom stereocenters. The van der Waals surface area contributed by atoms with E-state index in [-0.39, 0.29) is 18.2 Å². The minimum Gasteiger partial charge on any atom is -0.493 e. The van der Waals surface area contributed by atoms with Crippen molar-refractivity contribution in [3.8, 4) is 17.2 Å². The van der Waals surface area contributed by atoms with Crippen molar-refractivity contribution in [2.24, 2.45) is 0 Å². The number of benzene rings is 2. The van der Waals surface area contributed by atoms with Crippen molar-refractivity contribution in [3.63, 3.8) is 0 Å². The normalized spacial score (nSPS) is 15.7. The van der Waals surface area contributed by atoms with Gasteiger partial charge < -0.3 is 24.3 Å². The van der Waals surface area contributed by atoms with Gasteiger partial charge in [0, 0.05) is 47.9 Å². The summed E-state index contributed by atoms with van der Waals surface area (Å²) >= 11 is 6.27. The molecule has 2 aromatic rings. The van der Waals surface area contributed by atoms with Crippen molar-refractivity contribution >= 4 is 23.2 Å². The maximum atomic E-state index is 12.3. The molecule has 1 unspecified atom stereocenters. The Bertz CT molecular complexity index is 839. The first-order valence-corrected chi connectivity index (χ1v) is 8.92. The third-order valence-electron chi connectivity index (χ3n) is 4.47. The number of fused-ring (bicyclic) bond motifs is 1. The zero-order valence-corrected chi connectivity index (χ0v) is 16.3. The second-order valence-electron chi connectivity index (χ2n) is 6.13. The van der Waals surface area contributed by atoms with Crippen molar-refractivity contribution in [1.29, 1.82) is 0 Å². The van der Waals surface area contributed by atoms with Gasteiger partial charge in [0.1, 0.15) is 12.4 Å². The Morgan fingerprint density at radius 2 is 1.89 bits per heavy atom. The van der Waals surface area contributed by atoms with E-state index in [0.29, 0.717) is 41.2 Å². The van der Waals surface area contributed by atoms with Gasteiger partial charge in [0.2, 0.25) is 5.91 Å². The average molecular weight is 392 g/mol. The molecule has 1 heterocycles. The number of rotatable bonds is 7. The predicted octanol–water partition coefficient (Wildman–Crippen LogP) is 3.86. The van der Waals surface area contributed by atoms with Crippen LogP contribution in [0.1, 0.15) is 23.5 Å². The van der Waals surface area contributed by atoms with Crippen LogP contribution >= 0.6 is 11.6 Å². The number of ether oxygens (including phenoxy) is 4. The Labute approximate surface area is 163 Å². The number of anilines is 1. The highest BCUT2D eigenvalue weighted by atomic mass is 35.5. The smallest absolute Gasteiger partial charge is 0.225 e. The summed E-state index contributed by atoms with van der Waals surface area (Å²) < 4.78 is 21.6. The monoisotopic (exact) mass is 391 g/mol. The molecule has 6 nitrogen and oxygen atoms in total. The lowest BCUT2D eigenvalue weighted by atomic mass is 9.84. The van der Waals surface area contributed by atoms with Gasteiger partial charge in [-0.3, -0.25) is 4.79 Å². The molecular weight excluding hydrogens is 370 g/mol. The number of hydrogen-bond acceptors (Lipinski definition) is 5. The van der Waals surface area contributed by atoms with Crippen LogP contribution in [0.4, 0.5) is 5.69 Å². The number of hydrogen-bond donors (Lipinski definition) is 1. The van der Waals surface area contributed by atoms with E-state index in [9.17, 15) is 4.79 Å². The van der Waals surface area contributed by atoms with Crippen LogP contribution in [0.5, 0.6) is 17.2 Å². The first kappa shape index (κ1) is 19.3. The lowest BCUT2D eigenvalue weighted by Crippen LogP contribution is -2.24. The van der Waals surface area contributed by atoms with Crippen LogP contribution in [0, 0.1) is 0 Å². The third kappa shape index (κ3) is 4.12. The summed E-state index contributed by atoms with van der Waals surface area (Å²) in [6.45, 7) is 0.928. The number of methoxy groups -OCH3 is 3. The first-order chi connectivity index (χ1) is 13.1. The molecule has 0 fully saturated rings. The van der Waals surface area contributed by atoms with Crippen molar-refractivity contribution in [2.45, 2.75) is 12.3 Å². The predicted molar refractivity (Wildman–Crippen MR) is 103 cm³/mol. The fourth-order valence-electron chi connectivity index (χ4n) is 3.27. The molecule has 0 aromatic heterocycles. The molecule has 0 radical (unpaired) electrons. The Morgan fingerprint density at radius 1 is 1.07 bits per heavy atom. The van der Waals surface area contributed by atoms with E-state index in [1.54, 1.807) is 27.4 Å². The third-order valence-corrected chi connectivity index (χ3v) is 4.69. The van der Waals surface area contributed by atoms with E-state index in [0.717, 1.165) is 11.1 Å². The maximum absolute atomic E-state index is 12.3. The van der Waals surface area contributed by atoms with E-state index in [4.69, 9.17) is 30.5 Å². The molecule has 0 saturated heterocycles. The summed E-state index contributed by atoms with van der Waals surface area (Å²) in [5, 5.41) is 3.44. The van der Waals surface area contributed by atoms with Crippen LogP contribution in [-0.2, 0) is 9.53 Å². The Kier molecular flexibility index (Phi) is 6.08. The van der Waals surface area contributed by atoms with E-state index >= 15 is 0 Å². The number of carbonyl (C=O) groups excluding carboxylic acids is 1. The SMILES string of the molecule is COCCOc1ccc2c(c1)NC(=O)CC2c1cc(Cl)cc(OC)c1OC. The van der Waals surface area contributed by atoms with Gasteiger partial charge >= 0.3 is 0 Å². The maximum Gasteiger partial charge on any atom is 0.225 e. The van der Waals surface area contributed by atoms with Gasteiger partial charge in [0.15, 0.2) is 11.5 Å². The van der Waals surface area contributed by atoms with Gasteiger partial charge in [-0.15, -0.1) is 0 Å². The van der Waals surface area contributed by atoms with Crippen molar-refractivity contribution < 1.29 is 23.7 Å². The second kappa shape index (κ2) is 8.50. The number of amides is 1. The van der Waals surface area contributed by atoms with Crippen molar-refractivity contribution in [1.82, 2.24) is 0 Å². The summed E-state index contributed by atoms with van der Waals surface area (Å²) in [7, 11) is 4.75. The van der Waals surface area contributed by atoms with Crippen LogP contribution in [0.3, 0.4) is 0 Å². The fraction of sp³-hybridized carbons (Fsp3) is 0.350. The fourth-order valence-corrected chi connectivity index (χ4v) is 3.49. The van der Waals surface area contributed by atoms with E-state index in [2.05, 4.69) is 5.32 Å². The Hall–Kier alpha value is -2.44. The van der Waals surface area contributed by atoms with Gasteiger partial charge in [-0.1, -0.05) is 17.7 Å². The lowest BCUT2D eigenvalue weighted by Gasteiger charge is -2.28. The molecule has 2 aromatic carbocycles. The largest absolute Gasteiger partial charge is 0.493 e. The van der Waals surface area contributed by atoms with E-state index in [1.165, 1.54) is 0 Å². The van der Waals surface area contributed by atoms with E-state index in [1.807, 2.05) is 24.3 Å². The highest BCUT2D eigenvalue weighted by Crippen LogP contribution is 2.46. The Morgan fingerprint density at radius 3 is 2.59 bits per heavy atom. The number of halogens is 1. The summed E-state index contributed by atoms with van der Waals surface area (Å²) in [6.07, 6.45) is 0.288. The van der Waals surface area contributed by atoms with Gasteiger partial charge in [-0.2, -0.15) is 0 Å². The quantitative estimate of drug-likeness (QED) is 0.726. The highest BCUT2D eigenvalue weighted by Gasteiger charge is 2.30. The molecule has 7 heteroatoms. The molecule has 3 rings (SSSR count). The number of nitrogens with one attached hydrogen (secondary N) is 1. The van der Waals surface area contributed by atoms with Gasteiger partial charge in [-0.05, 0) is 17.7 Å². The molecule has 1 N–H and O–H groups in total. The van der Waals surface area contributed by atoms with Gasteiger partial charge in [0.25, 0.3) is 0 Å². The highest BCUT2D eigenvalue weighted by molar-refractivity contribution is 6.30. The first-order valence-electron chi connectivity index (χ1n) is 8.54. The van der Waals surface area contributed by atoms with Crippen LogP contribution in [-0.4, -0.2) is 40.5 Å². The summed E-state index contributed by atoms with van der Waals surface area (Å²) in [5.41, 5.74) is 2.49. The molecule has 0 spiro atoms. The zero-order valence-electron chi connectivity index (χ0n) is 15.5. The second-order valence-corrected chi connectivity index (χ2v) is 6.56. The minimum atomic E-state index is -0.204. The standard InChI is InChI=1S/C20H22ClNO5/c1-24-6-7-27-13-4-5-14-15(11-19(23)22-17(14)10-13)16-8-12(21)9-18(25-2)20(16)26-3/h4-5,8-10,15H,6-7,11H2,1-3H3,(H,22,23). The lowest BCUT2D eigenvalue weighted by molar-refractivity contribution is -0.116. The molecule has 1 amide bonds. The molecule has 0 aliphatic carbocycles. The van der Waals surface area contributed by atoms with Crippen LogP contribution in [0.25, 0.3) is 0 Å². The summed E-state index contributed by atoms with van der Waals surface area (Å²) in [6, 6.07) is 9.17. The molecule has 0 saturated carbocycles. The molecular formula is C20H22ClNO5. The average Bonchev–Trinajstić information content (AvgIpc) is 2.66. The molecule has 144 valence electrons. The van der Waals surface area contributed by atoms with Crippen LogP contribution in [0.15, 0.2) is 30.3 Å². The van der Waals surface area contributed by atoms with Crippen LogP contribution < -0.4 is 19.5 Å². The van der Waals surface area contributed by atoms with Crippen LogP contribution in [0.2, 0.25) is 5.02 Å². The molecule has 27 heavy (non-hydrogen) atoms. The minimum absolute atomic E-state index is 0.0810. The summed E-state index contributed by atoms with van der Waals surface area (Å²) in [5.74, 6) is 1.49. The van der Waals surface area contributed by atoms with E-state index < -0.39 is 0 Å². The van der Waals surface area contributed by atoms with Crippen molar-refractivity contribution in [3.05, 3.63) is 46.5 Å². The number of carbonyl (C=O) groups is 1. The van der Waals surface area contributed by atoms with Gasteiger partial charge in [-0.25, -0.2) is 0 Å². The topological polar surface area (TPSA) is 66.0 Å². The van der Waals surface area contributed by atoms with Crippen molar-refractivity contribution in [2.75, 3.05) is 39.9 Å².